The second-order valence-corrected chi connectivity index (χ2v) is 7.57. The zero-order valence-corrected chi connectivity index (χ0v) is 15.9. The number of nitrogens with one attached hydrogen (secondary N) is 1. The van der Waals surface area contributed by atoms with Crippen LogP contribution in [0.3, 0.4) is 0 Å². The molecule has 7 nitrogen and oxygen atoms in total. The first-order valence-electron chi connectivity index (χ1n) is 9.15. The van der Waals surface area contributed by atoms with E-state index < -0.39 is 0 Å². The topological polar surface area (TPSA) is 75.4 Å². The standard InChI is InChI=1S/C20H18N6OS/c27-18-12-17(25-9-7-21-8-10-25)23-20-26(18)24-19(28-20)15-4-1-3-14(11-15)16-5-2-6-22-13-16/h1-6,11-13,21H,7-10H2. The second-order valence-electron chi connectivity index (χ2n) is 6.61. The Morgan fingerprint density at radius 2 is 1.82 bits per heavy atom. The van der Waals surface area contributed by atoms with Gasteiger partial charge in [-0.25, -0.2) is 4.98 Å². The first kappa shape index (κ1) is 17.0. The maximum absolute atomic E-state index is 12.6. The highest BCUT2D eigenvalue weighted by molar-refractivity contribution is 7.19. The molecule has 1 saturated heterocycles. The molecule has 0 radical (unpaired) electrons. The molecule has 4 heterocycles. The summed E-state index contributed by atoms with van der Waals surface area (Å²) in [6, 6.07) is 13.6. The van der Waals surface area contributed by atoms with Crippen molar-refractivity contribution in [1.82, 2.24) is 24.9 Å². The van der Waals surface area contributed by atoms with Crippen molar-refractivity contribution in [2.24, 2.45) is 0 Å². The molecular formula is C20H18N6OS. The quantitative estimate of drug-likeness (QED) is 0.579. The Kier molecular flexibility index (Phi) is 4.34. The van der Waals surface area contributed by atoms with Crippen molar-refractivity contribution in [3.8, 4) is 21.7 Å². The molecule has 0 spiro atoms. The SMILES string of the molecule is O=c1cc(N2CCNCC2)nc2sc(-c3cccc(-c4cccnc4)c3)nn12. The average molecular weight is 390 g/mol. The molecule has 1 fully saturated rings. The summed E-state index contributed by atoms with van der Waals surface area (Å²) >= 11 is 1.43. The molecule has 5 rings (SSSR count). The van der Waals surface area contributed by atoms with Gasteiger partial charge in [-0.3, -0.25) is 9.78 Å². The summed E-state index contributed by atoms with van der Waals surface area (Å²) in [6.07, 6.45) is 3.60. The van der Waals surface area contributed by atoms with Crippen LogP contribution in [0, 0.1) is 0 Å². The van der Waals surface area contributed by atoms with E-state index in [2.05, 4.69) is 26.4 Å². The maximum atomic E-state index is 12.6. The molecule has 0 unspecified atom stereocenters. The summed E-state index contributed by atoms with van der Waals surface area (Å²) in [6.45, 7) is 3.50. The number of anilines is 1. The Bertz CT molecular complexity index is 1180. The van der Waals surface area contributed by atoms with Crippen LogP contribution in [0.4, 0.5) is 5.82 Å². The van der Waals surface area contributed by atoms with Crippen molar-refractivity contribution in [3.05, 3.63) is 65.2 Å². The van der Waals surface area contributed by atoms with Gasteiger partial charge >= 0.3 is 0 Å². The van der Waals surface area contributed by atoms with Crippen LogP contribution in [0.1, 0.15) is 0 Å². The van der Waals surface area contributed by atoms with Gasteiger partial charge in [-0.15, -0.1) is 0 Å². The zero-order chi connectivity index (χ0) is 18.9. The molecule has 3 aromatic heterocycles. The molecule has 0 aliphatic carbocycles. The Balaban J connectivity index is 1.55. The Labute approximate surface area is 165 Å². The van der Waals surface area contributed by atoms with Gasteiger partial charge in [0, 0.05) is 55.8 Å². The van der Waals surface area contributed by atoms with E-state index in [-0.39, 0.29) is 5.56 Å². The first-order valence-corrected chi connectivity index (χ1v) is 9.97. The van der Waals surface area contributed by atoms with Crippen LogP contribution >= 0.6 is 11.3 Å². The van der Waals surface area contributed by atoms with Crippen molar-refractivity contribution in [2.45, 2.75) is 0 Å². The van der Waals surface area contributed by atoms with Crippen molar-refractivity contribution < 1.29 is 0 Å². The zero-order valence-electron chi connectivity index (χ0n) is 15.1. The molecular weight excluding hydrogens is 372 g/mol. The minimum Gasteiger partial charge on any atom is -0.354 e. The number of rotatable bonds is 3. The molecule has 4 aromatic rings. The van der Waals surface area contributed by atoms with E-state index in [1.807, 2.05) is 36.5 Å². The third kappa shape index (κ3) is 3.17. The number of hydrogen-bond donors (Lipinski definition) is 1. The molecule has 8 heteroatoms. The number of pyridine rings is 1. The van der Waals surface area contributed by atoms with E-state index in [1.54, 1.807) is 12.3 Å². The van der Waals surface area contributed by atoms with E-state index in [1.165, 1.54) is 15.9 Å². The summed E-state index contributed by atoms with van der Waals surface area (Å²) < 4.78 is 1.39. The number of fused-ring (bicyclic) bond motifs is 1. The van der Waals surface area contributed by atoms with E-state index in [0.29, 0.717) is 4.96 Å². The molecule has 28 heavy (non-hydrogen) atoms. The van der Waals surface area contributed by atoms with Crippen LogP contribution in [0.25, 0.3) is 26.7 Å². The minimum absolute atomic E-state index is 0.149. The average Bonchev–Trinajstić information content (AvgIpc) is 3.20. The molecule has 1 N–H and O–H groups in total. The van der Waals surface area contributed by atoms with Gasteiger partial charge < -0.3 is 10.2 Å². The highest BCUT2D eigenvalue weighted by Crippen LogP contribution is 2.29. The Morgan fingerprint density at radius 3 is 2.64 bits per heavy atom. The summed E-state index contributed by atoms with van der Waals surface area (Å²) in [5, 5.41) is 8.60. The highest BCUT2D eigenvalue weighted by Gasteiger charge is 2.16. The third-order valence-electron chi connectivity index (χ3n) is 4.78. The third-order valence-corrected chi connectivity index (χ3v) is 5.73. The molecule has 140 valence electrons. The molecule has 1 aromatic carbocycles. The minimum atomic E-state index is -0.149. The predicted molar refractivity (Wildman–Crippen MR) is 111 cm³/mol. The lowest BCUT2D eigenvalue weighted by Crippen LogP contribution is -2.44. The van der Waals surface area contributed by atoms with E-state index in [0.717, 1.165) is 53.7 Å². The maximum Gasteiger partial charge on any atom is 0.277 e. The van der Waals surface area contributed by atoms with Crippen molar-refractivity contribution in [2.75, 3.05) is 31.1 Å². The Hall–Kier alpha value is -3.10. The lowest BCUT2D eigenvalue weighted by molar-refractivity contribution is 0.584. The van der Waals surface area contributed by atoms with Crippen molar-refractivity contribution >= 4 is 22.1 Å². The van der Waals surface area contributed by atoms with E-state index >= 15 is 0 Å². The molecule has 0 saturated carbocycles. The van der Waals surface area contributed by atoms with Gasteiger partial charge in [-0.05, 0) is 17.7 Å². The number of benzene rings is 1. The van der Waals surface area contributed by atoms with E-state index in [4.69, 9.17) is 4.98 Å². The number of hydrogen-bond acceptors (Lipinski definition) is 7. The lowest BCUT2D eigenvalue weighted by atomic mass is 10.1. The first-order chi connectivity index (χ1) is 13.8. The van der Waals surface area contributed by atoms with Gasteiger partial charge in [0.1, 0.15) is 10.8 Å². The highest BCUT2D eigenvalue weighted by atomic mass is 32.1. The van der Waals surface area contributed by atoms with Gasteiger partial charge in [-0.2, -0.15) is 9.61 Å². The molecule has 0 amide bonds. The fraction of sp³-hybridized carbons (Fsp3) is 0.200. The van der Waals surface area contributed by atoms with Gasteiger partial charge in [0.15, 0.2) is 0 Å². The van der Waals surface area contributed by atoms with Gasteiger partial charge in [0.25, 0.3) is 5.56 Å². The van der Waals surface area contributed by atoms with Crippen LogP contribution in [0.15, 0.2) is 59.7 Å². The summed E-state index contributed by atoms with van der Waals surface area (Å²) in [4.78, 5) is 24.2. The molecule has 0 bridgehead atoms. The number of aromatic nitrogens is 4. The van der Waals surface area contributed by atoms with Crippen LogP contribution < -0.4 is 15.8 Å². The van der Waals surface area contributed by atoms with E-state index in [9.17, 15) is 4.79 Å². The second kappa shape index (κ2) is 7.14. The van der Waals surface area contributed by atoms with Crippen LogP contribution in [-0.4, -0.2) is 45.8 Å². The number of nitrogens with zero attached hydrogens (tertiary/aromatic N) is 5. The van der Waals surface area contributed by atoms with Crippen LogP contribution in [0.5, 0.6) is 0 Å². The number of piperazine rings is 1. The largest absolute Gasteiger partial charge is 0.354 e. The Morgan fingerprint density at radius 1 is 1.00 bits per heavy atom. The normalized spacial score (nSPS) is 14.5. The predicted octanol–water partition coefficient (Wildman–Crippen LogP) is 2.29. The smallest absolute Gasteiger partial charge is 0.277 e. The van der Waals surface area contributed by atoms with Gasteiger partial charge in [-0.1, -0.05) is 35.6 Å². The summed E-state index contributed by atoms with van der Waals surface area (Å²) in [5.41, 5.74) is 2.91. The summed E-state index contributed by atoms with van der Waals surface area (Å²) in [7, 11) is 0. The van der Waals surface area contributed by atoms with Gasteiger partial charge in [0.2, 0.25) is 4.96 Å². The molecule has 1 aliphatic heterocycles. The fourth-order valence-corrected chi connectivity index (χ4v) is 4.23. The fourth-order valence-electron chi connectivity index (χ4n) is 3.34. The summed E-state index contributed by atoms with van der Waals surface area (Å²) in [5.74, 6) is 0.728. The van der Waals surface area contributed by atoms with Crippen molar-refractivity contribution in [3.63, 3.8) is 0 Å². The van der Waals surface area contributed by atoms with Crippen LogP contribution in [0.2, 0.25) is 0 Å². The van der Waals surface area contributed by atoms with Crippen molar-refractivity contribution in [1.29, 1.82) is 0 Å². The lowest BCUT2D eigenvalue weighted by Gasteiger charge is -2.27. The van der Waals surface area contributed by atoms with Crippen LogP contribution in [-0.2, 0) is 0 Å². The molecule has 0 atom stereocenters. The monoisotopic (exact) mass is 390 g/mol. The molecule has 1 aliphatic rings. The van der Waals surface area contributed by atoms with Gasteiger partial charge in [0.05, 0.1) is 0 Å².